The summed E-state index contributed by atoms with van der Waals surface area (Å²) in [6.45, 7) is 0.517. The van der Waals surface area contributed by atoms with E-state index in [0.717, 1.165) is 18.4 Å². The molecule has 1 amide bonds. The van der Waals surface area contributed by atoms with Crippen LogP contribution in [0, 0.1) is 0 Å². The van der Waals surface area contributed by atoms with Gasteiger partial charge in [0.05, 0.1) is 5.02 Å². The first-order valence-electron chi connectivity index (χ1n) is 7.10. The molecule has 0 bridgehead atoms. The number of rotatable bonds is 6. The van der Waals surface area contributed by atoms with Crippen molar-refractivity contribution in [2.45, 2.75) is 38.1 Å². The molecule has 0 atom stereocenters. The lowest BCUT2D eigenvalue weighted by atomic mass is 10.1. The van der Waals surface area contributed by atoms with Gasteiger partial charge in [0.25, 0.3) is 5.91 Å². The molecule has 110 valence electrons. The van der Waals surface area contributed by atoms with Crippen LogP contribution in [0.15, 0.2) is 18.2 Å². The van der Waals surface area contributed by atoms with Gasteiger partial charge in [-0.2, -0.15) is 0 Å². The average Bonchev–Trinajstić information content (AvgIpc) is 2.91. The molecule has 1 aliphatic carbocycles. The Morgan fingerprint density at radius 3 is 2.85 bits per heavy atom. The molecule has 3 N–H and O–H groups in total. The van der Waals surface area contributed by atoms with Gasteiger partial charge < -0.3 is 15.8 Å². The van der Waals surface area contributed by atoms with E-state index in [4.69, 9.17) is 22.1 Å². The second-order valence-corrected chi connectivity index (χ2v) is 5.51. The summed E-state index contributed by atoms with van der Waals surface area (Å²) in [5.74, 6) is 0.483. The van der Waals surface area contributed by atoms with Crippen LogP contribution in [-0.4, -0.2) is 25.1 Å². The summed E-state index contributed by atoms with van der Waals surface area (Å²) in [5, 5.41) is 3.51. The van der Waals surface area contributed by atoms with Gasteiger partial charge in [-0.1, -0.05) is 36.6 Å². The number of hydrogen-bond acceptors (Lipinski definition) is 3. The highest BCUT2D eigenvalue weighted by atomic mass is 35.5. The van der Waals surface area contributed by atoms with Gasteiger partial charge in [0, 0.05) is 6.04 Å². The van der Waals surface area contributed by atoms with Crippen molar-refractivity contribution in [3.63, 3.8) is 0 Å². The van der Waals surface area contributed by atoms with Crippen LogP contribution in [0.5, 0.6) is 5.75 Å². The summed E-state index contributed by atoms with van der Waals surface area (Å²) in [5.41, 5.74) is 6.51. The predicted octanol–water partition coefficient (Wildman–Crippen LogP) is 2.28. The van der Waals surface area contributed by atoms with Crippen molar-refractivity contribution < 1.29 is 9.53 Å². The lowest BCUT2D eigenvalue weighted by Crippen LogP contribution is -2.36. The fourth-order valence-electron chi connectivity index (χ4n) is 2.54. The molecule has 0 spiro atoms. The summed E-state index contributed by atoms with van der Waals surface area (Å²) in [6.07, 6.45) is 5.20. The van der Waals surface area contributed by atoms with Gasteiger partial charge in [-0.25, -0.2) is 0 Å². The minimum Gasteiger partial charge on any atom is -0.482 e. The Morgan fingerprint density at radius 2 is 2.15 bits per heavy atom. The summed E-state index contributed by atoms with van der Waals surface area (Å²) >= 11 is 6.12. The van der Waals surface area contributed by atoms with Crippen molar-refractivity contribution in [2.24, 2.45) is 5.73 Å². The molecule has 0 unspecified atom stereocenters. The number of ether oxygens (including phenoxy) is 1. The van der Waals surface area contributed by atoms with E-state index in [-0.39, 0.29) is 12.5 Å². The number of para-hydroxylation sites is 1. The predicted molar refractivity (Wildman–Crippen MR) is 80.1 cm³/mol. The first-order valence-corrected chi connectivity index (χ1v) is 7.48. The van der Waals surface area contributed by atoms with Gasteiger partial charge in [-0.15, -0.1) is 0 Å². The molecule has 1 saturated carbocycles. The first kappa shape index (κ1) is 15.1. The largest absolute Gasteiger partial charge is 0.482 e. The van der Waals surface area contributed by atoms with Crippen LogP contribution in [0.2, 0.25) is 5.02 Å². The summed E-state index contributed by atoms with van der Waals surface area (Å²) in [6, 6.07) is 5.84. The summed E-state index contributed by atoms with van der Waals surface area (Å²) in [7, 11) is 0. The molecule has 20 heavy (non-hydrogen) atoms. The van der Waals surface area contributed by atoms with Gasteiger partial charge in [0.2, 0.25) is 0 Å². The monoisotopic (exact) mass is 296 g/mol. The van der Waals surface area contributed by atoms with E-state index in [1.165, 1.54) is 12.8 Å². The van der Waals surface area contributed by atoms with Crippen LogP contribution >= 0.6 is 11.6 Å². The molecular weight excluding hydrogens is 276 g/mol. The Bertz CT molecular complexity index is 459. The zero-order valence-corrected chi connectivity index (χ0v) is 12.3. The van der Waals surface area contributed by atoms with Crippen LogP contribution in [0.25, 0.3) is 0 Å². The molecule has 0 saturated heterocycles. The highest BCUT2D eigenvalue weighted by Crippen LogP contribution is 2.28. The van der Waals surface area contributed by atoms with Crippen molar-refractivity contribution in [2.75, 3.05) is 13.2 Å². The van der Waals surface area contributed by atoms with Crippen molar-refractivity contribution in [1.82, 2.24) is 5.32 Å². The zero-order chi connectivity index (χ0) is 14.4. The van der Waals surface area contributed by atoms with Gasteiger partial charge in [-0.3, -0.25) is 4.79 Å². The third-order valence-corrected chi connectivity index (χ3v) is 3.83. The highest BCUT2D eigenvalue weighted by molar-refractivity contribution is 6.32. The van der Waals surface area contributed by atoms with Crippen molar-refractivity contribution in [3.05, 3.63) is 28.8 Å². The van der Waals surface area contributed by atoms with Crippen LogP contribution in [0.4, 0.5) is 0 Å². The van der Waals surface area contributed by atoms with E-state index in [2.05, 4.69) is 5.32 Å². The molecule has 4 nitrogen and oxygen atoms in total. The molecule has 2 rings (SSSR count). The quantitative estimate of drug-likeness (QED) is 0.846. The lowest BCUT2D eigenvalue weighted by molar-refractivity contribution is -0.123. The SMILES string of the molecule is NCCc1cccc(Cl)c1OCC(=O)NC1CCCC1. The number of carbonyl (C=O) groups is 1. The molecule has 5 heteroatoms. The second kappa shape index (κ2) is 7.50. The topological polar surface area (TPSA) is 64.3 Å². The number of carbonyl (C=O) groups excluding carboxylic acids is 1. The number of amides is 1. The first-order chi connectivity index (χ1) is 9.70. The van der Waals surface area contributed by atoms with E-state index in [1.807, 2.05) is 12.1 Å². The third kappa shape index (κ3) is 4.12. The number of nitrogens with two attached hydrogens (primary N) is 1. The molecule has 0 heterocycles. The number of hydrogen-bond donors (Lipinski definition) is 2. The smallest absolute Gasteiger partial charge is 0.258 e. The molecule has 1 aromatic rings. The van der Waals surface area contributed by atoms with Gasteiger partial charge >= 0.3 is 0 Å². The minimum absolute atomic E-state index is 0.00218. The fraction of sp³-hybridized carbons (Fsp3) is 0.533. The van der Waals surface area contributed by atoms with Crippen LogP contribution in [0.3, 0.4) is 0 Å². The number of halogens is 1. The Kier molecular flexibility index (Phi) is 5.68. The van der Waals surface area contributed by atoms with E-state index in [9.17, 15) is 4.79 Å². The minimum atomic E-state index is -0.0875. The Balaban J connectivity index is 1.90. The Hall–Kier alpha value is -1.26. The van der Waals surface area contributed by atoms with Crippen molar-refractivity contribution in [1.29, 1.82) is 0 Å². The summed E-state index contributed by atoms with van der Waals surface area (Å²) in [4.78, 5) is 11.8. The highest BCUT2D eigenvalue weighted by Gasteiger charge is 2.18. The molecule has 0 aliphatic heterocycles. The van der Waals surface area contributed by atoms with Crippen LogP contribution in [0.1, 0.15) is 31.2 Å². The second-order valence-electron chi connectivity index (χ2n) is 5.10. The normalized spacial score (nSPS) is 15.3. The Labute approximate surface area is 124 Å². The third-order valence-electron chi connectivity index (χ3n) is 3.53. The van der Waals surface area contributed by atoms with Crippen molar-refractivity contribution >= 4 is 17.5 Å². The fourth-order valence-corrected chi connectivity index (χ4v) is 2.79. The molecule has 0 radical (unpaired) electrons. The lowest BCUT2D eigenvalue weighted by Gasteiger charge is -2.15. The zero-order valence-electron chi connectivity index (χ0n) is 11.5. The van der Waals surface area contributed by atoms with E-state index in [0.29, 0.717) is 29.8 Å². The molecule has 1 fully saturated rings. The van der Waals surface area contributed by atoms with E-state index < -0.39 is 0 Å². The maximum atomic E-state index is 11.8. The van der Waals surface area contributed by atoms with Gasteiger partial charge in [-0.05, 0) is 37.4 Å². The van der Waals surface area contributed by atoms with Crippen LogP contribution in [-0.2, 0) is 11.2 Å². The molecule has 1 aromatic carbocycles. The number of nitrogens with one attached hydrogen (secondary N) is 1. The average molecular weight is 297 g/mol. The molecule has 0 aromatic heterocycles. The van der Waals surface area contributed by atoms with Gasteiger partial charge in [0.15, 0.2) is 6.61 Å². The number of benzene rings is 1. The van der Waals surface area contributed by atoms with Crippen molar-refractivity contribution in [3.8, 4) is 5.75 Å². The van der Waals surface area contributed by atoms with E-state index in [1.54, 1.807) is 6.07 Å². The molecular formula is C15H21ClN2O2. The van der Waals surface area contributed by atoms with Gasteiger partial charge in [0.1, 0.15) is 5.75 Å². The summed E-state index contributed by atoms with van der Waals surface area (Å²) < 4.78 is 5.59. The maximum absolute atomic E-state index is 11.8. The standard InChI is InChI=1S/C15H21ClN2O2/c16-13-7-3-4-11(8-9-17)15(13)20-10-14(19)18-12-5-1-2-6-12/h3-4,7,12H,1-2,5-6,8-10,17H2,(H,18,19). The van der Waals surface area contributed by atoms with Crippen LogP contribution < -0.4 is 15.8 Å². The maximum Gasteiger partial charge on any atom is 0.258 e. The van der Waals surface area contributed by atoms with E-state index >= 15 is 0 Å². The molecule has 1 aliphatic rings. The Morgan fingerprint density at radius 1 is 1.40 bits per heavy atom.